The van der Waals surface area contributed by atoms with Crippen molar-refractivity contribution in [2.24, 2.45) is 0 Å². The minimum atomic E-state index is -0.642. The Bertz CT molecular complexity index is 655. The number of aromatic hydroxyl groups is 1. The molecule has 0 aliphatic carbocycles. The lowest BCUT2D eigenvalue weighted by atomic mass is 10.2. The van der Waals surface area contributed by atoms with E-state index >= 15 is 0 Å². The lowest BCUT2D eigenvalue weighted by Crippen LogP contribution is -2.20. The number of esters is 1. The van der Waals surface area contributed by atoms with Crippen molar-refractivity contribution in [3.8, 4) is 5.75 Å². The number of amides is 1. The van der Waals surface area contributed by atoms with E-state index in [1.165, 1.54) is 24.3 Å². The van der Waals surface area contributed by atoms with E-state index in [-0.39, 0.29) is 11.3 Å². The number of carbonyl (C=O) groups excluding carboxylic acids is 2. The summed E-state index contributed by atoms with van der Waals surface area (Å²) in [6, 6.07) is 12.2. The van der Waals surface area contributed by atoms with Gasteiger partial charge in [-0.05, 0) is 42.5 Å². The smallest absolute Gasteiger partial charge is 0.338 e. The third kappa shape index (κ3) is 4.50. The number of anilines is 1. The van der Waals surface area contributed by atoms with Gasteiger partial charge in [0.05, 0.1) is 5.56 Å². The van der Waals surface area contributed by atoms with Gasteiger partial charge in [-0.3, -0.25) is 4.79 Å². The van der Waals surface area contributed by atoms with Crippen molar-refractivity contribution < 1.29 is 19.4 Å². The molecule has 0 saturated heterocycles. The molecule has 6 heteroatoms. The van der Waals surface area contributed by atoms with Crippen LogP contribution in [0.5, 0.6) is 5.75 Å². The number of benzene rings is 2. The molecule has 5 nitrogen and oxygen atoms in total. The number of nitrogens with one attached hydrogen (secondary N) is 1. The van der Waals surface area contributed by atoms with Crippen molar-refractivity contribution in [3.63, 3.8) is 0 Å². The van der Waals surface area contributed by atoms with Crippen LogP contribution in [0, 0.1) is 0 Å². The Labute approximate surface area is 126 Å². The van der Waals surface area contributed by atoms with Crippen LogP contribution in [0.2, 0.25) is 5.02 Å². The third-order valence-corrected chi connectivity index (χ3v) is 2.78. The first-order valence-corrected chi connectivity index (χ1v) is 6.44. The van der Waals surface area contributed by atoms with Crippen LogP contribution in [-0.4, -0.2) is 23.6 Å². The summed E-state index contributed by atoms with van der Waals surface area (Å²) in [6.07, 6.45) is 0. The maximum Gasteiger partial charge on any atom is 0.338 e. The molecule has 0 fully saturated rings. The molecule has 2 N–H and O–H groups in total. The van der Waals surface area contributed by atoms with E-state index in [9.17, 15) is 9.59 Å². The second-order valence-corrected chi connectivity index (χ2v) is 4.62. The fourth-order valence-electron chi connectivity index (χ4n) is 1.58. The SMILES string of the molecule is O=C(COC(=O)c1ccc(O)cc1)Nc1cccc(Cl)c1. The normalized spacial score (nSPS) is 9.95. The Hall–Kier alpha value is -2.53. The maximum atomic E-state index is 11.7. The number of hydrogen-bond donors (Lipinski definition) is 2. The molecule has 21 heavy (non-hydrogen) atoms. The number of ether oxygens (including phenoxy) is 1. The van der Waals surface area contributed by atoms with Crippen molar-refractivity contribution in [2.45, 2.75) is 0 Å². The standard InChI is InChI=1S/C15H12ClNO4/c16-11-2-1-3-12(8-11)17-14(19)9-21-15(20)10-4-6-13(18)7-5-10/h1-8,18H,9H2,(H,17,19). The maximum absolute atomic E-state index is 11.7. The van der Waals surface area contributed by atoms with Crippen LogP contribution >= 0.6 is 11.6 Å². The van der Waals surface area contributed by atoms with Crippen molar-refractivity contribution in [3.05, 3.63) is 59.1 Å². The predicted octanol–water partition coefficient (Wildman–Crippen LogP) is 2.84. The molecule has 0 aliphatic rings. The van der Waals surface area contributed by atoms with Crippen LogP contribution in [0.15, 0.2) is 48.5 Å². The monoisotopic (exact) mass is 305 g/mol. The van der Waals surface area contributed by atoms with Gasteiger partial charge in [0.2, 0.25) is 0 Å². The average Bonchev–Trinajstić information content (AvgIpc) is 2.45. The van der Waals surface area contributed by atoms with Crippen LogP contribution in [-0.2, 0) is 9.53 Å². The second kappa shape index (κ2) is 6.76. The number of phenols is 1. The van der Waals surface area contributed by atoms with Crippen molar-refractivity contribution in [1.29, 1.82) is 0 Å². The zero-order chi connectivity index (χ0) is 15.2. The van der Waals surface area contributed by atoms with Gasteiger partial charge in [-0.1, -0.05) is 17.7 Å². The largest absolute Gasteiger partial charge is 0.508 e. The highest BCUT2D eigenvalue weighted by Gasteiger charge is 2.10. The summed E-state index contributed by atoms with van der Waals surface area (Å²) in [5.74, 6) is -1.06. The molecule has 0 heterocycles. The van der Waals surface area contributed by atoms with Crippen LogP contribution in [0.3, 0.4) is 0 Å². The van der Waals surface area contributed by atoms with E-state index in [0.717, 1.165) is 0 Å². The summed E-state index contributed by atoms with van der Waals surface area (Å²) in [6.45, 7) is -0.410. The van der Waals surface area contributed by atoms with Crippen LogP contribution in [0.25, 0.3) is 0 Å². The Morgan fingerprint density at radius 3 is 2.52 bits per heavy atom. The third-order valence-electron chi connectivity index (χ3n) is 2.55. The van der Waals surface area contributed by atoms with Gasteiger partial charge in [-0.15, -0.1) is 0 Å². The molecule has 0 unspecified atom stereocenters. The molecule has 1 amide bonds. The summed E-state index contributed by atoms with van der Waals surface area (Å²) in [5.41, 5.74) is 0.775. The first kappa shape index (κ1) is 14.9. The molecule has 0 atom stereocenters. The number of carbonyl (C=O) groups is 2. The van der Waals surface area contributed by atoms with Crippen LogP contribution < -0.4 is 5.32 Å². The number of phenolic OH excluding ortho intramolecular Hbond substituents is 1. The fraction of sp³-hybridized carbons (Fsp3) is 0.0667. The molecule has 2 aromatic carbocycles. The van der Waals surface area contributed by atoms with Gasteiger partial charge in [-0.25, -0.2) is 4.79 Å². The van der Waals surface area contributed by atoms with Gasteiger partial charge in [0.1, 0.15) is 5.75 Å². The van der Waals surface area contributed by atoms with Crippen molar-refractivity contribution in [2.75, 3.05) is 11.9 Å². The van der Waals surface area contributed by atoms with Gasteiger partial charge in [0.25, 0.3) is 5.91 Å². The van der Waals surface area contributed by atoms with E-state index < -0.39 is 18.5 Å². The van der Waals surface area contributed by atoms with Gasteiger partial charge in [0, 0.05) is 10.7 Å². The van der Waals surface area contributed by atoms with E-state index in [4.69, 9.17) is 21.4 Å². The van der Waals surface area contributed by atoms with Crippen LogP contribution in [0.4, 0.5) is 5.69 Å². The summed E-state index contributed by atoms with van der Waals surface area (Å²) >= 11 is 5.79. The topological polar surface area (TPSA) is 75.6 Å². The molecule has 0 aromatic heterocycles. The van der Waals surface area contributed by atoms with E-state index in [1.807, 2.05) is 0 Å². The Kier molecular flexibility index (Phi) is 4.79. The van der Waals surface area contributed by atoms with Crippen molar-refractivity contribution >= 4 is 29.2 Å². The Morgan fingerprint density at radius 2 is 1.86 bits per heavy atom. The minimum absolute atomic E-state index is 0.0465. The second-order valence-electron chi connectivity index (χ2n) is 4.18. The highest BCUT2D eigenvalue weighted by molar-refractivity contribution is 6.30. The lowest BCUT2D eigenvalue weighted by Gasteiger charge is -2.07. The van der Waals surface area contributed by atoms with E-state index in [1.54, 1.807) is 24.3 Å². The molecule has 0 saturated carbocycles. The molecule has 0 bridgehead atoms. The van der Waals surface area contributed by atoms with Gasteiger partial charge in [-0.2, -0.15) is 0 Å². The van der Waals surface area contributed by atoms with Crippen molar-refractivity contribution in [1.82, 2.24) is 0 Å². The summed E-state index contributed by atoms with van der Waals surface area (Å²) < 4.78 is 4.87. The summed E-state index contributed by atoms with van der Waals surface area (Å²) in [4.78, 5) is 23.3. The first-order chi connectivity index (χ1) is 10.0. The van der Waals surface area contributed by atoms with Crippen LogP contribution in [0.1, 0.15) is 10.4 Å². The number of hydrogen-bond acceptors (Lipinski definition) is 4. The molecule has 2 rings (SSSR count). The summed E-state index contributed by atoms with van der Waals surface area (Å²) in [7, 11) is 0. The van der Waals surface area contributed by atoms with E-state index in [0.29, 0.717) is 10.7 Å². The molecule has 0 radical (unpaired) electrons. The molecule has 0 spiro atoms. The quantitative estimate of drug-likeness (QED) is 0.852. The zero-order valence-electron chi connectivity index (χ0n) is 10.9. The molecular weight excluding hydrogens is 294 g/mol. The Balaban J connectivity index is 1.86. The molecule has 0 aliphatic heterocycles. The summed E-state index contributed by atoms with van der Waals surface area (Å²) in [5, 5.41) is 12.2. The molecule has 2 aromatic rings. The molecule has 108 valence electrons. The average molecular weight is 306 g/mol. The van der Waals surface area contributed by atoms with Gasteiger partial charge in [0.15, 0.2) is 6.61 Å². The minimum Gasteiger partial charge on any atom is -0.508 e. The highest BCUT2D eigenvalue weighted by atomic mass is 35.5. The van der Waals surface area contributed by atoms with E-state index in [2.05, 4.69) is 5.32 Å². The number of rotatable bonds is 4. The molecular formula is C15H12ClNO4. The fourth-order valence-corrected chi connectivity index (χ4v) is 1.77. The zero-order valence-corrected chi connectivity index (χ0v) is 11.6. The van der Waals surface area contributed by atoms with Gasteiger partial charge < -0.3 is 15.2 Å². The van der Waals surface area contributed by atoms with Gasteiger partial charge >= 0.3 is 5.97 Å². The first-order valence-electron chi connectivity index (χ1n) is 6.06. The Morgan fingerprint density at radius 1 is 1.14 bits per heavy atom. The highest BCUT2D eigenvalue weighted by Crippen LogP contribution is 2.15. The number of halogens is 1. The lowest BCUT2D eigenvalue weighted by molar-refractivity contribution is -0.119. The predicted molar refractivity (Wildman–Crippen MR) is 78.5 cm³/mol.